The Labute approximate surface area is 155 Å². The van der Waals surface area contributed by atoms with Gasteiger partial charge in [-0.1, -0.05) is 18.9 Å². The minimum atomic E-state index is 0.262. The van der Waals surface area contributed by atoms with E-state index in [1.54, 1.807) is 12.4 Å². The fourth-order valence-electron chi connectivity index (χ4n) is 2.53. The molecule has 0 N–H and O–H groups in total. The van der Waals surface area contributed by atoms with E-state index in [2.05, 4.69) is 16.5 Å². The molecule has 0 unspecified atom stereocenters. The Morgan fingerprint density at radius 3 is 2.42 bits per heavy atom. The van der Waals surface area contributed by atoms with Crippen LogP contribution in [-0.4, -0.2) is 35.9 Å². The van der Waals surface area contributed by atoms with Crippen LogP contribution in [0.3, 0.4) is 0 Å². The highest BCUT2D eigenvalue weighted by molar-refractivity contribution is 5.56. The lowest BCUT2D eigenvalue weighted by molar-refractivity contribution is 0.263. The molecule has 5 heteroatoms. The number of benzene rings is 1. The molecule has 0 saturated carbocycles. The van der Waals surface area contributed by atoms with Crippen LogP contribution < -0.4 is 9.47 Å². The highest BCUT2D eigenvalue weighted by atomic mass is 16.6. The molecule has 2 heterocycles. The Balaban J connectivity index is 1.41. The molecule has 1 aromatic carbocycles. The summed E-state index contributed by atoms with van der Waals surface area (Å²) in [5.41, 5.74) is 0.953. The highest BCUT2D eigenvalue weighted by Crippen LogP contribution is 2.21. The van der Waals surface area contributed by atoms with Crippen LogP contribution in [0.4, 0.5) is 0 Å². The molecule has 0 radical (unpaired) electrons. The van der Waals surface area contributed by atoms with Crippen LogP contribution in [0.25, 0.3) is 11.4 Å². The summed E-state index contributed by atoms with van der Waals surface area (Å²) in [5.74, 6) is 2.22. The molecule has 0 aliphatic carbocycles. The summed E-state index contributed by atoms with van der Waals surface area (Å²) in [6.45, 7) is 5.85. The molecule has 1 aliphatic heterocycles. The number of unbranched alkanes of at least 4 members (excludes halogenated alkanes) is 4. The van der Waals surface area contributed by atoms with Gasteiger partial charge in [-0.15, -0.1) is 6.58 Å². The number of ether oxygens (including phenoxy) is 3. The first-order valence-corrected chi connectivity index (χ1v) is 9.26. The Kier molecular flexibility index (Phi) is 7.02. The van der Waals surface area contributed by atoms with Crippen molar-refractivity contribution in [3.05, 3.63) is 49.3 Å². The maximum absolute atomic E-state index is 5.71. The summed E-state index contributed by atoms with van der Waals surface area (Å²) < 4.78 is 16.5. The van der Waals surface area contributed by atoms with E-state index in [0.29, 0.717) is 24.8 Å². The van der Waals surface area contributed by atoms with Crippen molar-refractivity contribution in [3.63, 3.8) is 0 Å². The molecule has 1 fully saturated rings. The van der Waals surface area contributed by atoms with Crippen molar-refractivity contribution in [2.45, 2.75) is 38.2 Å². The quantitative estimate of drug-likeness (QED) is 0.320. The molecular formula is C21H26N2O3. The third-order valence-electron chi connectivity index (χ3n) is 4.15. The van der Waals surface area contributed by atoms with Gasteiger partial charge in [0.05, 0.1) is 25.6 Å². The van der Waals surface area contributed by atoms with Gasteiger partial charge in [-0.25, -0.2) is 9.97 Å². The van der Waals surface area contributed by atoms with Crippen molar-refractivity contribution in [2.75, 3.05) is 19.8 Å². The molecule has 0 amide bonds. The molecule has 138 valence electrons. The van der Waals surface area contributed by atoms with Gasteiger partial charge in [0.15, 0.2) is 11.6 Å². The number of nitrogens with zero attached hydrogens (tertiary/aromatic N) is 2. The molecule has 1 atom stereocenters. The highest BCUT2D eigenvalue weighted by Gasteiger charge is 2.22. The van der Waals surface area contributed by atoms with E-state index in [1.165, 1.54) is 19.3 Å². The van der Waals surface area contributed by atoms with Crippen molar-refractivity contribution in [1.29, 1.82) is 0 Å². The van der Waals surface area contributed by atoms with E-state index in [4.69, 9.17) is 14.2 Å². The number of aromatic nitrogens is 2. The van der Waals surface area contributed by atoms with Crippen LogP contribution in [0.1, 0.15) is 32.1 Å². The van der Waals surface area contributed by atoms with E-state index in [0.717, 1.165) is 30.8 Å². The topological polar surface area (TPSA) is 56.8 Å². The minimum absolute atomic E-state index is 0.262. The first-order valence-electron chi connectivity index (χ1n) is 9.26. The monoisotopic (exact) mass is 354 g/mol. The summed E-state index contributed by atoms with van der Waals surface area (Å²) in [4.78, 5) is 8.79. The molecule has 1 saturated heterocycles. The van der Waals surface area contributed by atoms with Crippen LogP contribution in [0, 0.1) is 0 Å². The summed E-state index contributed by atoms with van der Waals surface area (Å²) in [6, 6.07) is 7.78. The lowest BCUT2D eigenvalue weighted by atomic mass is 10.1. The first-order chi connectivity index (χ1) is 12.8. The third kappa shape index (κ3) is 6.15. The Morgan fingerprint density at radius 1 is 1.00 bits per heavy atom. The molecular weight excluding hydrogens is 328 g/mol. The lowest BCUT2D eigenvalue weighted by Gasteiger charge is -2.07. The number of hydrogen-bond acceptors (Lipinski definition) is 5. The van der Waals surface area contributed by atoms with Crippen molar-refractivity contribution >= 4 is 0 Å². The molecule has 0 spiro atoms. The third-order valence-corrected chi connectivity index (χ3v) is 4.15. The predicted molar refractivity (Wildman–Crippen MR) is 101 cm³/mol. The van der Waals surface area contributed by atoms with Gasteiger partial charge in [0.2, 0.25) is 0 Å². The Bertz CT molecular complexity index is 667. The number of hydrogen-bond donors (Lipinski definition) is 0. The van der Waals surface area contributed by atoms with Gasteiger partial charge in [-0.2, -0.15) is 0 Å². The molecule has 3 rings (SSSR count). The maximum atomic E-state index is 5.71. The minimum Gasteiger partial charge on any atom is -0.491 e. The molecule has 0 bridgehead atoms. The van der Waals surface area contributed by atoms with Crippen molar-refractivity contribution in [1.82, 2.24) is 9.97 Å². The van der Waals surface area contributed by atoms with Gasteiger partial charge in [0, 0.05) is 5.56 Å². The second-order valence-corrected chi connectivity index (χ2v) is 6.37. The molecule has 1 aliphatic rings. The molecule has 5 nitrogen and oxygen atoms in total. The van der Waals surface area contributed by atoms with E-state index in [1.807, 2.05) is 30.3 Å². The van der Waals surface area contributed by atoms with E-state index in [-0.39, 0.29) is 6.10 Å². The van der Waals surface area contributed by atoms with E-state index in [9.17, 15) is 0 Å². The van der Waals surface area contributed by atoms with E-state index < -0.39 is 0 Å². The fourth-order valence-corrected chi connectivity index (χ4v) is 2.53. The Morgan fingerprint density at radius 2 is 1.73 bits per heavy atom. The summed E-state index contributed by atoms with van der Waals surface area (Å²) in [5, 5.41) is 0. The number of rotatable bonds is 12. The zero-order valence-electron chi connectivity index (χ0n) is 15.1. The predicted octanol–water partition coefficient (Wildman–Crippen LogP) is 4.44. The van der Waals surface area contributed by atoms with Crippen molar-refractivity contribution in [3.8, 4) is 22.9 Å². The van der Waals surface area contributed by atoms with Gasteiger partial charge >= 0.3 is 0 Å². The summed E-state index contributed by atoms with van der Waals surface area (Å²) in [6.07, 6.45) is 11.4. The van der Waals surface area contributed by atoms with Crippen LogP contribution in [0.2, 0.25) is 0 Å². The normalized spacial score (nSPS) is 15.5. The average Bonchev–Trinajstić information content (AvgIpc) is 3.51. The second-order valence-electron chi connectivity index (χ2n) is 6.37. The first kappa shape index (κ1) is 18.4. The van der Waals surface area contributed by atoms with Gasteiger partial charge in [-0.3, -0.25) is 0 Å². The van der Waals surface area contributed by atoms with Crippen LogP contribution in [0.15, 0.2) is 49.3 Å². The molecule has 26 heavy (non-hydrogen) atoms. The van der Waals surface area contributed by atoms with Crippen LogP contribution in [-0.2, 0) is 4.74 Å². The zero-order valence-corrected chi connectivity index (χ0v) is 15.1. The smallest absolute Gasteiger partial charge is 0.159 e. The van der Waals surface area contributed by atoms with Crippen molar-refractivity contribution < 1.29 is 14.2 Å². The molecule has 2 aromatic rings. The second kappa shape index (κ2) is 9.92. The fraction of sp³-hybridized carbons (Fsp3) is 0.429. The van der Waals surface area contributed by atoms with Crippen molar-refractivity contribution in [2.24, 2.45) is 0 Å². The number of epoxide rings is 1. The SMILES string of the molecule is C=CCCCCCCOc1cnc(-c2ccc(OC[C@@H]3CO3)cc2)nc1. The Hall–Kier alpha value is -2.40. The molecule has 1 aromatic heterocycles. The number of allylic oxidation sites excluding steroid dienone is 1. The van der Waals surface area contributed by atoms with Gasteiger partial charge < -0.3 is 14.2 Å². The zero-order chi connectivity index (χ0) is 18.0. The van der Waals surface area contributed by atoms with Crippen LogP contribution in [0.5, 0.6) is 11.5 Å². The average molecular weight is 354 g/mol. The summed E-state index contributed by atoms with van der Waals surface area (Å²) >= 11 is 0. The maximum Gasteiger partial charge on any atom is 0.159 e. The van der Waals surface area contributed by atoms with E-state index >= 15 is 0 Å². The van der Waals surface area contributed by atoms with Gasteiger partial charge in [0.25, 0.3) is 0 Å². The van der Waals surface area contributed by atoms with Gasteiger partial charge in [-0.05, 0) is 43.5 Å². The largest absolute Gasteiger partial charge is 0.491 e. The lowest BCUT2D eigenvalue weighted by Crippen LogP contribution is -2.03. The standard InChI is InChI=1S/C21H26N2O3/c1-2-3-4-5-6-7-12-24-19-13-22-21(23-14-19)17-8-10-18(11-9-17)25-15-20-16-26-20/h2,8-11,13-14,20H,1,3-7,12,15-16H2/t20-/m1/s1. The van der Waals surface area contributed by atoms with Gasteiger partial charge in [0.1, 0.15) is 18.5 Å². The van der Waals surface area contributed by atoms with Crippen LogP contribution >= 0.6 is 0 Å². The summed E-state index contributed by atoms with van der Waals surface area (Å²) in [7, 11) is 0.